The van der Waals surface area contributed by atoms with E-state index in [-0.39, 0.29) is 0 Å². The minimum Gasteiger partial charge on any atom is -0.419 e. The Bertz CT molecular complexity index is 1150. The van der Waals surface area contributed by atoms with Gasteiger partial charge in [0, 0.05) is 48.1 Å². The molecule has 3 heterocycles. The molecular weight excluding hydrogens is 434 g/mol. The molecule has 6 nitrogen and oxygen atoms in total. The maximum absolute atomic E-state index is 5.99. The van der Waals surface area contributed by atoms with E-state index in [4.69, 9.17) is 16.0 Å². The van der Waals surface area contributed by atoms with Crippen LogP contribution in [0, 0.1) is 0 Å². The molecule has 0 aliphatic carbocycles. The molecule has 170 valence electrons. The lowest BCUT2D eigenvalue weighted by atomic mass is 10.0. The quantitative estimate of drug-likeness (QED) is 0.518. The van der Waals surface area contributed by atoms with Crippen LogP contribution in [0.4, 0.5) is 5.69 Å². The fourth-order valence-corrected chi connectivity index (χ4v) is 4.45. The van der Waals surface area contributed by atoms with Crippen LogP contribution in [0.3, 0.4) is 0 Å². The van der Waals surface area contributed by atoms with Crippen molar-refractivity contribution < 1.29 is 4.42 Å². The maximum atomic E-state index is 5.99. The summed E-state index contributed by atoms with van der Waals surface area (Å²) in [5, 5.41) is 9.28. The van der Waals surface area contributed by atoms with E-state index in [0.29, 0.717) is 24.4 Å². The van der Waals surface area contributed by atoms with Crippen LogP contribution in [0.1, 0.15) is 17.9 Å². The van der Waals surface area contributed by atoms with Gasteiger partial charge in [-0.3, -0.25) is 0 Å². The van der Waals surface area contributed by atoms with Crippen LogP contribution in [0.25, 0.3) is 17.0 Å². The van der Waals surface area contributed by atoms with Gasteiger partial charge in [-0.15, -0.1) is 10.2 Å². The zero-order valence-electron chi connectivity index (χ0n) is 19.0. The molecule has 7 heteroatoms. The molecule has 33 heavy (non-hydrogen) atoms. The Morgan fingerprint density at radius 1 is 1.03 bits per heavy atom. The van der Waals surface area contributed by atoms with Crippen molar-refractivity contribution in [2.45, 2.75) is 19.0 Å². The summed E-state index contributed by atoms with van der Waals surface area (Å²) in [7, 11) is 4.30. The number of anilines is 1. The van der Waals surface area contributed by atoms with Crippen LogP contribution in [-0.4, -0.2) is 59.8 Å². The molecule has 2 aliphatic rings. The van der Waals surface area contributed by atoms with Gasteiger partial charge in [0.15, 0.2) is 0 Å². The first-order valence-electron chi connectivity index (χ1n) is 11.3. The number of rotatable bonds is 6. The molecule has 2 aliphatic heterocycles. The van der Waals surface area contributed by atoms with Gasteiger partial charge in [-0.2, -0.15) is 0 Å². The van der Waals surface area contributed by atoms with Gasteiger partial charge >= 0.3 is 0 Å². The Morgan fingerprint density at radius 3 is 2.45 bits per heavy atom. The number of halogens is 1. The third kappa shape index (κ3) is 4.97. The second-order valence-corrected chi connectivity index (χ2v) is 9.25. The first-order chi connectivity index (χ1) is 16.0. The Morgan fingerprint density at radius 2 is 1.79 bits per heavy atom. The predicted molar refractivity (Wildman–Crippen MR) is 133 cm³/mol. The van der Waals surface area contributed by atoms with Crippen molar-refractivity contribution in [1.82, 2.24) is 20.0 Å². The van der Waals surface area contributed by atoms with Gasteiger partial charge in [-0.1, -0.05) is 29.8 Å². The van der Waals surface area contributed by atoms with Crippen molar-refractivity contribution in [2.24, 2.45) is 0 Å². The number of likely N-dealkylation sites (N-methyl/N-ethyl adjacent to an activating group) is 1. The van der Waals surface area contributed by atoms with Gasteiger partial charge in [0.2, 0.25) is 11.8 Å². The summed E-state index contributed by atoms with van der Waals surface area (Å²) in [6.45, 7) is 3.51. The highest BCUT2D eigenvalue weighted by atomic mass is 35.5. The van der Waals surface area contributed by atoms with Crippen LogP contribution in [-0.2, 0) is 6.54 Å². The van der Waals surface area contributed by atoms with E-state index in [1.165, 1.54) is 17.7 Å². The van der Waals surface area contributed by atoms with Crippen LogP contribution >= 0.6 is 11.6 Å². The van der Waals surface area contributed by atoms with Crippen LogP contribution in [0.15, 0.2) is 71.3 Å². The Kier molecular flexibility index (Phi) is 6.20. The fraction of sp³-hybridized carbons (Fsp3) is 0.308. The molecule has 0 radical (unpaired) electrons. The lowest BCUT2D eigenvalue weighted by Gasteiger charge is -2.21. The average molecular weight is 462 g/mol. The normalized spacial score (nSPS) is 18.3. The van der Waals surface area contributed by atoms with E-state index >= 15 is 0 Å². The first kappa shape index (κ1) is 21.7. The van der Waals surface area contributed by atoms with Crippen molar-refractivity contribution in [3.8, 4) is 11.5 Å². The zero-order chi connectivity index (χ0) is 22.8. The lowest BCUT2D eigenvalue weighted by Crippen LogP contribution is -2.31. The topological polar surface area (TPSA) is 48.6 Å². The van der Waals surface area contributed by atoms with Crippen molar-refractivity contribution in [3.63, 3.8) is 0 Å². The van der Waals surface area contributed by atoms with E-state index < -0.39 is 0 Å². The highest BCUT2D eigenvalue weighted by molar-refractivity contribution is 6.30. The Hall–Kier alpha value is -3.09. The molecule has 1 fully saturated rings. The van der Waals surface area contributed by atoms with E-state index in [0.717, 1.165) is 35.8 Å². The van der Waals surface area contributed by atoms with Gasteiger partial charge in [0.1, 0.15) is 0 Å². The number of hydrogen-bond acceptors (Lipinski definition) is 6. The average Bonchev–Trinajstić information content (AvgIpc) is 3.51. The maximum Gasteiger partial charge on any atom is 0.247 e. The highest BCUT2D eigenvalue weighted by Gasteiger charge is 2.24. The standard InChI is InChI=1S/C26H28ClN5O/c1-30(2)24-13-16-32(17-24)23-9-5-21(6-10-23)26-29-28-25(33-26)18-31-14-11-20(12-15-31)19-3-7-22(27)8-4-19/h3-12,14,24H,13,15-18H2,1-2H3. The van der Waals surface area contributed by atoms with Crippen molar-refractivity contribution in [2.75, 3.05) is 38.6 Å². The second-order valence-electron chi connectivity index (χ2n) is 8.81. The fourth-order valence-electron chi connectivity index (χ4n) is 4.32. The number of allylic oxidation sites excluding steroid dienone is 2. The summed E-state index contributed by atoms with van der Waals surface area (Å²) >= 11 is 5.99. The largest absolute Gasteiger partial charge is 0.419 e. The first-order valence-corrected chi connectivity index (χ1v) is 11.7. The summed E-state index contributed by atoms with van der Waals surface area (Å²) in [6, 6.07) is 16.9. The minimum atomic E-state index is 0.558. The van der Waals surface area contributed by atoms with E-state index in [9.17, 15) is 0 Å². The van der Waals surface area contributed by atoms with E-state index in [1.807, 2.05) is 24.3 Å². The number of aromatic nitrogens is 2. The Labute approximate surface area is 199 Å². The monoisotopic (exact) mass is 461 g/mol. The van der Waals surface area contributed by atoms with E-state index in [1.54, 1.807) is 0 Å². The predicted octanol–water partition coefficient (Wildman–Crippen LogP) is 4.94. The Balaban J connectivity index is 1.19. The van der Waals surface area contributed by atoms with Gasteiger partial charge in [0.05, 0.1) is 6.54 Å². The third-order valence-electron chi connectivity index (χ3n) is 6.37. The summed E-state index contributed by atoms with van der Waals surface area (Å²) in [5.41, 5.74) is 4.53. The summed E-state index contributed by atoms with van der Waals surface area (Å²) in [5.74, 6) is 1.16. The van der Waals surface area contributed by atoms with Crippen molar-refractivity contribution >= 4 is 22.9 Å². The molecule has 1 unspecified atom stereocenters. The molecule has 5 rings (SSSR count). The zero-order valence-corrected chi connectivity index (χ0v) is 19.7. The SMILES string of the molecule is CN(C)C1CCN(c2ccc(-c3nnc(CN4C=CC(c5ccc(Cl)cc5)=CC4)o3)cc2)C1. The smallest absolute Gasteiger partial charge is 0.247 e. The molecule has 0 N–H and O–H groups in total. The summed E-state index contributed by atoms with van der Waals surface area (Å²) in [6.07, 6.45) is 7.56. The molecule has 3 aromatic rings. The third-order valence-corrected chi connectivity index (χ3v) is 6.62. The molecule has 0 bridgehead atoms. The summed E-state index contributed by atoms with van der Waals surface area (Å²) in [4.78, 5) is 6.89. The second kappa shape index (κ2) is 9.41. The van der Waals surface area contributed by atoms with E-state index in [2.05, 4.69) is 81.6 Å². The molecule has 2 aromatic carbocycles. The number of nitrogens with zero attached hydrogens (tertiary/aromatic N) is 5. The molecule has 0 saturated carbocycles. The van der Waals surface area contributed by atoms with Crippen molar-refractivity contribution in [1.29, 1.82) is 0 Å². The highest BCUT2D eigenvalue weighted by Crippen LogP contribution is 2.27. The van der Waals surface area contributed by atoms with Gasteiger partial charge in [-0.05, 0) is 74.1 Å². The van der Waals surface area contributed by atoms with Crippen molar-refractivity contribution in [3.05, 3.63) is 83.4 Å². The molecular formula is C26H28ClN5O. The molecule has 1 aromatic heterocycles. The van der Waals surface area contributed by atoms with Crippen LogP contribution in [0.2, 0.25) is 5.02 Å². The van der Waals surface area contributed by atoms with Crippen LogP contribution < -0.4 is 4.90 Å². The number of hydrogen-bond donors (Lipinski definition) is 0. The van der Waals surface area contributed by atoms with Gasteiger partial charge in [-0.25, -0.2) is 0 Å². The lowest BCUT2D eigenvalue weighted by molar-refractivity contribution is 0.315. The molecule has 0 amide bonds. The number of benzene rings is 2. The van der Waals surface area contributed by atoms with Gasteiger partial charge in [0.25, 0.3) is 0 Å². The van der Waals surface area contributed by atoms with Crippen LogP contribution in [0.5, 0.6) is 0 Å². The molecule has 1 saturated heterocycles. The minimum absolute atomic E-state index is 0.558. The molecule has 0 spiro atoms. The van der Waals surface area contributed by atoms with Gasteiger partial charge < -0.3 is 19.1 Å². The summed E-state index contributed by atoms with van der Waals surface area (Å²) < 4.78 is 5.96. The molecule has 1 atom stereocenters.